The molecule has 6 heteroatoms. The van der Waals surface area contributed by atoms with E-state index >= 15 is 0 Å². The number of nitrogens with one attached hydrogen (secondary N) is 2. The van der Waals surface area contributed by atoms with Crippen LogP contribution in [-0.2, 0) is 6.54 Å². The smallest absolute Gasteiger partial charge is 0.270 e. The fraction of sp³-hybridized carbons (Fsp3) is 0.435. The highest BCUT2D eigenvalue weighted by molar-refractivity contribution is 5.98. The van der Waals surface area contributed by atoms with Gasteiger partial charge in [0, 0.05) is 54.0 Å². The van der Waals surface area contributed by atoms with Gasteiger partial charge in [0.25, 0.3) is 5.91 Å². The molecule has 3 aromatic rings. The number of carbonyl (C=O) groups excluding carboxylic acids is 1. The second kappa shape index (κ2) is 8.74. The Kier molecular flexibility index (Phi) is 5.90. The minimum atomic E-state index is 0.0984. The zero-order valence-electron chi connectivity index (χ0n) is 17.2. The third kappa shape index (κ3) is 4.48. The molecule has 0 saturated heterocycles. The van der Waals surface area contributed by atoms with Crippen LogP contribution in [0.5, 0.6) is 0 Å². The van der Waals surface area contributed by atoms with Gasteiger partial charge in [-0.3, -0.25) is 4.79 Å². The molecule has 0 spiro atoms. The summed E-state index contributed by atoms with van der Waals surface area (Å²) in [4.78, 5) is 27.1. The fourth-order valence-electron chi connectivity index (χ4n) is 4.32. The molecule has 2 heterocycles. The summed E-state index contributed by atoms with van der Waals surface area (Å²) < 4.78 is 0. The average molecular weight is 392 g/mol. The van der Waals surface area contributed by atoms with Crippen molar-refractivity contribution in [2.75, 3.05) is 6.54 Å². The summed E-state index contributed by atoms with van der Waals surface area (Å²) in [5, 5.41) is 4.72. The van der Waals surface area contributed by atoms with Crippen molar-refractivity contribution in [3.8, 4) is 0 Å². The van der Waals surface area contributed by atoms with Gasteiger partial charge in [-0.25, -0.2) is 9.97 Å². The topological polar surface area (TPSA) is 73.9 Å². The molecule has 6 nitrogen and oxygen atoms in total. The Morgan fingerprint density at radius 3 is 2.79 bits per heavy atom. The van der Waals surface area contributed by atoms with Crippen molar-refractivity contribution < 1.29 is 4.79 Å². The van der Waals surface area contributed by atoms with Gasteiger partial charge in [0.15, 0.2) is 0 Å². The van der Waals surface area contributed by atoms with Gasteiger partial charge in [0.1, 0.15) is 11.5 Å². The Balaban J connectivity index is 1.41. The van der Waals surface area contributed by atoms with Crippen LogP contribution in [0.1, 0.15) is 54.5 Å². The number of hydrogen-bond donors (Lipinski definition) is 2. The monoisotopic (exact) mass is 391 g/mol. The first-order chi connectivity index (χ1) is 14.1. The number of carbonyl (C=O) groups is 1. The van der Waals surface area contributed by atoms with Crippen molar-refractivity contribution in [2.45, 2.75) is 58.2 Å². The zero-order valence-corrected chi connectivity index (χ0v) is 17.2. The first-order valence-corrected chi connectivity index (χ1v) is 10.5. The molecule has 1 fully saturated rings. The Bertz CT molecular complexity index is 932. The van der Waals surface area contributed by atoms with Crippen LogP contribution in [0.3, 0.4) is 0 Å². The first-order valence-electron chi connectivity index (χ1n) is 10.5. The van der Waals surface area contributed by atoms with Crippen LogP contribution in [-0.4, -0.2) is 44.4 Å². The molecular formula is C23H29N5O. The first kappa shape index (κ1) is 19.6. The maximum absolute atomic E-state index is 13.2. The quantitative estimate of drug-likeness (QED) is 0.670. The lowest BCUT2D eigenvalue weighted by Crippen LogP contribution is -2.46. The number of para-hydroxylation sites is 1. The van der Waals surface area contributed by atoms with Gasteiger partial charge in [-0.15, -0.1) is 0 Å². The molecule has 152 valence electrons. The molecule has 0 aliphatic heterocycles. The van der Waals surface area contributed by atoms with Crippen LogP contribution in [0.25, 0.3) is 10.9 Å². The van der Waals surface area contributed by atoms with E-state index in [-0.39, 0.29) is 11.9 Å². The van der Waals surface area contributed by atoms with E-state index in [2.05, 4.69) is 27.2 Å². The lowest BCUT2D eigenvalue weighted by atomic mass is 9.89. The van der Waals surface area contributed by atoms with Crippen molar-refractivity contribution in [3.63, 3.8) is 0 Å². The Morgan fingerprint density at radius 1 is 1.24 bits per heavy atom. The van der Waals surface area contributed by atoms with Gasteiger partial charge < -0.3 is 15.2 Å². The van der Waals surface area contributed by atoms with Gasteiger partial charge in [0.05, 0.1) is 0 Å². The number of amides is 1. The van der Waals surface area contributed by atoms with Gasteiger partial charge in [-0.05, 0) is 51.7 Å². The number of hydrogen-bond acceptors (Lipinski definition) is 4. The number of H-pyrrole nitrogens is 1. The van der Waals surface area contributed by atoms with E-state index in [9.17, 15) is 4.79 Å². The maximum Gasteiger partial charge on any atom is 0.270 e. The van der Waals surface area contributed by atoms with E-state index < -0.39 is 0 Å². The van der Waals surface area contributed by atoms with E-state index in [4.69, 9.17) is 0 Å². The highest BCUT2D eigenvalue weighted by atomic mass is 16.2. The van der Waals surface area contributed by atoms with E-state index in [1.165, 1.54) is 0 Å². The van der Waals surface area contributed by atoms with E-state index in [0.717, 1.165) is 61.1 Å². The summed E-state index contributed by atoms with van der Waals surface area (Å²) in [7, 11) is 0. The molecule has 1 aliphatic carbocycles. The summed E-state index contributed by atoms with van der Waals surface area (Å²) >= 11 is 0. The summed E-state index contributed by atoms with van der Waals surface area (Å²) in [5.74, 6) is 0.891. The third-order valence-electron chi connectivity index (χ3n) is 5.88. The van der Waals surface area contributed by atoms with Crippen LogP contribution < -0.4 is 5.32 Å². The van der Waals surface area contributed by atoms with Crippen molar-refractivity contribution >= 4 is 16.8 Å². The number of fused-ring (bicyclic) bond motifs is 1. The second-order valence-corrected chi connectivity index (χ2v) is 7.90. The molecule has 1 saturated carbocycles. The van der Waals surface area contributed by atoms with Gasteiger partial charge >= 0.3 is 0 Å². The number of benzene rings is 1. The third-order valence-corrected chi connectivity index (χ3v) is 5.88. The number of aromatic nitrogens is 3. The summed E-state index contributed by atoms with van der Waals surface area (Å²) in [6.07, 6.45) is 8.07. The molecule has 1 amide bonds. The summed E-state index contributed by atoms with van der Waals surface area (Å²) in [6, 6.07) is 10.7. The highest BCUT2D eigenvalue weighted by Gasteiger charge is 2.29. The highest BCUT2D eigenvalue weighted by Crippen LogP contribution is 2.25. The zero-order chi connectivity index (χ0) is 20.2. The molecule has 1 aromatic carbocycles. The van der Waals surface area contributed by atoms with Crippen LogP contribution >= 0.6 is 0 Å². The number of rotatable bonds is 6. The number of aromatic amines is 1. The molecular weight excluding hydrogens is 362 g/mol. The minimum Gasteiger partial charge on any atom is -0.351 e. The normalized spacial score (nSPS) is 19.4. The molecule has 2 aromatic heterocycles. The van der Waals surface area contributed by atoms with Crippen molar-refractivity contribution in [2.24, 2.45) is 0 Å². The summed E-state index contributed by atoms with van der Waals surface area (Å²) in [6.45, 7) is 5.45. The van der Waals surface area contributed by atoms with E-state index in [1.54, 1.807) is 0 Å². The molecule has 1 aliphatic rings. The lowest BCUT2D eigenvalue weighted by Gasteiger charge is -2.37. The van der Waals surface area contributed by atoms with Crippen molar-refractivity contribution in [1.82, 2.24) is 25.2 Å². The van der Waals surface area contributed by atoms with E-state index in [1.807, 2.05) is 54.5 Å². The van der Waals surface area contributed by atoms with Gasteiger partial charge in [0.2, 0.25) is 0 Å². The van der Waals surface area contributed by atoms with Crippen molar-refractivity contribution in [3.05, 3.63) is 59.8 Å². The van der Waals surface area contributed by atoms with Gasteiger partial charge in [-0.2, -0.15) is 0 Å². The van der Waals surface area contributed by atoms with Crippen LogP contribution in [0.4, 0.5) is 0 Å². The predicted octanol–water partition coefficient (Wildman–Crippen LogP) is 3.83. The number of nitrogens with zero attached hydrogens (tertiary/aromatic N) is 3. The predicted molar refractivity (Wildman–Crippen MR) is 115 cm³/mol. The van der Waals surface area contributed by atoms with Crippen molar-refractivity contribution in [1.29, 1.82) is 0 Å². The maximum atomic E-state index is 13.2. The largest absolute Gasteiger partial charge is 0.351 e. The average Bonchev–Trinajstić information content (AvgIpc) is 3.18. The molecule has 0 bridgehead atoms. The fourth-order valence-corrected chi connectivity index (χ4v) is 4.32. The molecule has 2 N–H and O–H groups in total. The molecule has 4 rings (SSSR count). The lowest BCUT2D eigenvalue weighted by molar-refractivity contribution is 0.0623. The molecule has 0 unspecified atom stereocenters. The molecule has 0 radical (unpaired) electrons. The standard InChI is InChI=1S/C23H29N5O/c1-3-28(23(29)22-11-18-7-4-5-10-21(18)27-22)20-9-6-8-19(12-20)26-15-17-13-24-16(2)25-14-17/h4-5,7,10-11,13-14,19-20,26-27H,3,6,8-9,12,15H2,1-2H3/t19-,20+/m1/s1. The Labute approximate surface area is 171 Å². The van der Waals surface area contributed by atoms with Crippen LogP contribution in [0.2, 0.25) is 0 Å². The number of aryl methyl sites for hydroxylation is 1. The second-order valence-electron chi connectivity index (χ2n) is 7.90. The Morgan fingerprint density at radius 2 is 2.03 bits per heavy atom. The molecule has 29 heavy (non-hydrogen) atoms. The van der Waals surface area contributed by atoms with Crippen LogP contribution in [0, 0.1) is 6.92 Å². The summed E-state index contributed by atoms with van der Waals surface area (Å²) in [5.41, 5.74) is 2.79. The SMILES string of the molecule is CCN(C(=O)c1cc2ccccc2[nH]1)[C@H]1CCC[C@@H](NCc2cnc(C)nc2)C1. The van der Waals surface area contributed by atoms with E-state index in [0.29, 0.717) is 11.7 Å². The minimum absolute atomic E-state index is 0.0984. The van der Waals surface area contributed by atoms with Gasteiger partial charge in [-0.1, -0.05) is 18.2 Å². The molecule has 2 atom stereocenters. The van der Waals surface area contributed by atoms with Crippen LogP contribution in [0.15, 0.2) is 42.7 Å². The Hall–Kier alpha value is -2.73.